The number of amides is 1. The Balaban J connectivity index is 1.62. The minimum absolute atomic E-state index is 0.0776. The van der Waals surface area contributed by atoms with Crippen LogP contribution in [-0.4, -0.2) is 58.1 Å². The van der Waals surface area contributed by atoms with Gasteiger partial charge < -0.3 is 4.90 Å². The van der Waals surface area contributed by atoms with E-state index >= 15 is 0 Å². The number of aryl methyl sites for hydroxylation is 1. The van der Waals surface area contributed by atoms with Crippen LogP contribution < -0.4 is 0 Å². The van der Waals surface area contributed by atoms with E-state index in [1.54, 1.807) is 16.2 Å². The van der Waals surface area contributed by atoms with Gasteiger partial charge in [0.15, 0.2) is 0 Å². The third kappa shape index (κ3) is 4.69. The number of rotatable bonds is 8. The van der Waals surface area contributed by atoms with Crippen LogP contribution in [0.1, 0.15) is 51.2 Å². The quantitative estimate of drug-likeness (QED) is 0.691. The van der Waals surface area contributed by atoms with Gasteiger partial charge >= 0.3 is 0 Å². The Hall–Kier alpha value is -1.31. The van der Waals surface area contributed by atoms with Crippen LogP contribution in [-0.2, 0) is 6.54 Å². The lowest BCUT2D eigenvalue weighted by Crippen LogP contribution is -2.25. The van der Waals surface area contributed by atoms with Crippen LogP contribution in [0.5, 0.6) is 0 Å². The number of H-pyrrole nitrogens is 1. The number of thiophene rings is 1. The van der Waals surface area contributed by atoms with E-state index in [0.717, 1.165) is 22.8 Å². The molecule has 1 saturated heterocycles. The minimum atomic E-state index is 0.0776. The lowest BCUT2D eigenvalue weighted by Gasteiger charge is -2.23. The van der Waals surface area contributed by atoms with Gasteiger partial charge in [-0.25, -0.2) is 0 Å². The maximum atomic E-state index is 12.8. The van der Waals surface area contributed by atoms with E-state index in [2.05, 4.69) is 27.4 Å². The Morgan fingerprint density at radius 1 is 1.50 bits per heavy atom. The second-order valence-corrected chi connectivity index (χ2v) is 9.05. The number of aromatic amines is 1. The number of aromatic nitrogens is 2. The fourth-order valence-corrected chi connectivity index (χ4v) is 5.12. The van der Waals surface area contributed by atoms with Gasteiger partial charge in [0, 0.05) is 23.7 Å². The Kier molecular flexibility index (Phi) is 6.78. The van der Waals surface area contributed by atoms with Gasteiger partial charge in [-0.05, 0) is 69.5 Å². The lowest BCUT2D eigenvalue weighted by atomic mass is 10.2. The molecule has 0 saturated carbocycles. The summed E-state index contributed by atoms with van der Waals surface area (Å²) in [6.07, 6.45) is 5.86. The van der Waals surface area contributed by atoms with Crippen molar-refractivity contribution >= 4 is 29.0 Å². The molecule has 2 aromatic rings. The number of hydrogen-bond acceptors (Lipinski definition) is 5. The van der Waals surface area contributed by atoms with Gasteiger partial charge in [0.2, 0.25) is 0 Å². The van der Waals surface area contributed by atoms with E-state index < -0.39 is 0 Å². The molecule has 0 aliphatic carbocycles. The highest BCUT2D eigenvalue weighted by molar-refractivity contribution is 7.98. The van der Waals surface area contributed by atoms with E-state index in [-0.39, 0.29) is 5.91 Å². The smallest absolute Gasteiger partial charge is 0.264 e. The molecule has 1 N–H and O–H groups in total. The maximum absolute atomic E-state index is 12.8. The van der Waals surface area contributed by atoms with E-state index in [0.29, 0.717) is 12.6 Å². The normalized spacial score (nSPS) is 17.7. The molecule has 1 fully saturated rings. The number of likely N-dealkylation sites (tertiary alicyclic amines) is 1. The number of carbonyl (C=O) groups is 1. The third-order valence-electron chi connectivity index (χ3n) is 4.83. The van der Waals surface area contributed by atoms with E-state index in [9.17, 15) is 4.79 Å². The van der Waals surface area contributed by atoms with Gasteiger partial charge in [0.1, 0.15) is 0 Å². The molecule has 0 bridgehead atoms. The zero-order valence-electron chi connectivity index (χ0n) is 15.8. The minimum Gasteiger partial charge on any atom is -0.335 e. The Morgan fingerprint density at radius 2 is 2.35 bits per heavy atom. The molecule has 1 aliphatic heterocycles. The molecule has 7 heteroatoms. The van der Waals surface area contributed by atoms with Gasteiger partial charge in [0.25, 0.3) is 5.91 Å². The highest BCUT2D eigenvalue weighted by Gasteiger charge is 2.27. The van der Waals surface area contributed by atoms with Crippen molar-refractivity contribution in [3.05, 3.63) is 39.3 Å². The van der Waals surface area contributed by atoms with Gasteiger partial charge in [0.05, 0.1) is 17.1 Å². The molecule has 0 spiro atoms. The van der Waals surface area contributed by atoms with E-state index in [1.807, 2.05) is 37.9 Å². The molecule has 2 aromatic heterocycles. The van der Waals surface area contributed by atoms with Crippen molar-refractivity contribution in [2.24, 2.45) is 0 Å². The molecule has 1 atom stereocenters. The Labute approximate surface area is 164 Å². The summed E-state index contributed by atoms with van der Waals surface area (Å²) in [5, 5.41) is 7.15. The van der Waals surface area contributed by atoms with Crippen LogP contribution in [0.15, 0.2) is 18.2 Å². The second kappa shape index (κ2) is 9.06. The summed E-state index contributed by atoms with van der Waals surface area (Å²) in [6.45, 7) is 4.83. The van der Waals surface area contributed by atoms with Crippen molar-refractivity contribution in [2.45, 2.75) is 38.8 Å². The van der Waals surface area contributed by atoms with Crippen LogP contribution in [0.25, 0.3) is 0 Å². The topological polar surface area (TPSA) is 52.2 Å². The monoisotopic (exact) mass is 392 g/mol. The maximum Gasteiger partial charge on any atom is 0.264 e. The highest BCUT2D eigenvalue weighted by atomic mass is 32.2. The third-order valence-corrected chi connectivity index (χ3v) is 6.70. The number of nitrogens with one attached hydrogen (secondary N) is 1. The molecule has 1 amide bonds. The van der Waals surface area contributed by atoms with Gasteiger partial charge in [-0.1, -0.05) is 0 Å². The van der Waals surface area contributed by atoms with Crippen molar-refractivity contribution in [1.29, 1.82) is 0 Å². The Bertz CT molecular complexity index is 727. The van der Waals surface area contributed by atoms with Gasteiger partial charge in [-0.15, -0.1) is 11.3 Å². The fourth-order valence-electron chi connectivity index (χ4n) is 3.53. The van der Waals surface area contributed by atoms with Crippen molar-refractivity contribution in [3.8, 4) is 0 Å². The highest BCUT2D eigenvalue weighted by Crippen LogP contribution is 2.36. The molecular formula is C19H28N4OS2. The predicted octanol–water partition coefficient (Wildman–Crippen LogP) is 3.94. The van der Waals surface area contributed by atoms with Gasteiger partial charge in [-0.3, -0.25) is 14.8 Å². The average Bonchev–Trinajstić information content (AvgIpc) is 3.35. The van der Waals surface area contributed by atoms with Crippen molar-refractivity contribution in [2.75, 3.05) is 32.1 Å². The first-order valence-corrected chi connectivity index (χ1v) is 11.4. The first-order valence-electron chi connectivity index (χ1n) is 9.17. The Morgan fingerprint density at radius 3 is 3.08 bits per heavy atom. The first kappa shape index (κ1) is 19.5. The van der Waals surface area contributed by atoms with E-state index in [4.69, 9.17) is 0 Å². The van der Waals surface area contributed by atoms with Crippen LogP contribution in [0, 0.1) is 6.92 Å². The summed E-state index contributed by atoms with van der Waals surface area (Å²) < 4.78 is 0. The summed E-state index contributed by atoms with van der Waals surface area (Å²) >= 11 is 3.57. The van der Waals surface area contributed by atoms with Crippen molar-refractivity contribution in [3.63, 3.8) is 0 Å². The molecule has 3 rings (SSSR count). The summed E-state index contributed by atoms with van der Waals surface area (Å²) in [5.74, 6) is 1.29. The summed E-state index contributed by atoms with van der Waals surface area (Å²) in [7, 11) is 1.84. The summed E-state index contributed by atoms with van der Waals surface area (Å²) in [6, 6.07) is 6.62. The predicted molar refractivity (Wildman–Crippen MR) is 110 cm³/mol. The zero-order chi connectivity index (χ0) is 18.5. The largest absolute Gasteiger partial charge is 0.335 e. The van der Waals surface area contributed by atoms with Crippen molar-refractivity contribution in [1.82, 2.24) is 20.0 Å². The SMILES string of the molecule is CSCCCN1CCC[C@H]1c1ccc(C(=O)N(C)Cc2cc(C)[nH]n2)s1. The van der Waals surface area contributed by atoms with Crippen molar-refractivity contribution < 1.29 is 4.79 Å². The zero-order valence-corrected chi connectivity index (χ0v) is 17.5. The second-order valence-electron chi connectivity index (χ2n) is 6.95. The van der Waals surface area contributed by atoms with E-state index in [1.165, 1.54) is 36.4 Å². The number of hydrogen-bond donors (Lipinski definition) is 1. The van der Waals surface area contributed by atoms with Crippen LogP contribution in [0.4, 0.5) is 0 Å². The molecule has 26 heavy (non-hydrogen) atoms. The average molecular weight is 393 g/mol. The van der Waals surface area contributed by atoms with Crippen LogP contribution in [0.3, 0.4) is 0 Å². The number of thioether (sulfide) groups is 1. The summed E-state index contributed by atoms with van der Waals surface area (Å²) in [4.78, 5) is 19.3. The molecule has 0 radical (unpaired) electrons. The molecule has 0 unspecified atom stereocenters. The molecule has 3 heterocycles. The van der Waals surface area contributed by atoms with Crippen LogP contribution in [0.2, 0.25) is 0 Å². The molecule has 1 aliphatic rings. The van der Waals surface area contributed by atoms with Crippen LogP contribution >= 0.6 is 23.1 Å². The molecule has 142 valence electrons. The fraction of sp³-hybridized carbons (Fsp3) is 0.579. The summed E-state index contributed by atoms with van der Waals surface area (Å²) in [5.41, 5.74) is 1.91. The lowest BCUT2D eigenvalue weighted by molar-refractivity contribution is 0.0788. The van der Waals surface area contributed by atoms with Gasteiger partial charge in [-0.2, -0.15) is 16.9 Å². The standard InChI is InChI=1S/C19H28N4OS2/c1-14-12-15(21-20-14)13-22(2)19(24)18-8-7-17(26-18)16-6-4-9-23(16)10-5-11-25-3/h7-8,12,16H,4-6,9-11,13H2,1-3H3,(H,20,21)/t16-/m0/s1. The first-order chi connectivity index (χ1) is 12.6. The number of carbonyl (C=O) groups excluding carboxylic acids is 1. The molecular weight excluding hydrogens is 364 g/mol. The number of nitrogens with zero attached hydrogens (tertiary/aromatic N) is 3. The molecule has 5 nitrogen and oxygen atoms in total. The molecule has 0 aromatic carbocycles.